The molecule has 2 aliphatic rings. The number of aliphatic hydroxyl groups excluding tert-OH is 1. The van der Waals surface area contributed by atoms with E-state index in [2.05, 4.69) is 25.2 Å². The molecule has 4 heterocycles. The van der Waals surface area contributed by atoms with E-state index in [0.29, 0.717) is 17.3 Å². The first kappa shape index (κ1) is 26.4. The van der Waals surface area contributed by atoms with Crippen LogP contribution < -0.4 is 10.2 Å². The Morgan fingerprint density at radius 2 is 1.87 bits per heavy atom. The Kier molecular flexibility index (Phi) is 7.85. The van der Waals surface area contributed by atoms with Crippen LogP contribution in [0.25, 0.3) is 5.65 Å². The van der Waals surface area contributed by atoms with Gasteiger partial charge in [0.2, 0.25) is 0 Å². The van der Waals surface area contributed by atoms with E-state index in [-0.39, 0.29) is 11.7 Å². The molecule has 2 saturated heterocycles. The van der Waals surface area contributed by atoms with Gasteiger partial charge in [-0.25, -0.2) is 22.7 Å². The van der Waals surface area contributed by atoms with Gasteiger partial charge in [-0.1, -0.05) is 18.2 Å². The number of hydrogen-bond donors (Lipinski definition) is 2. The summed E-state index contributed by atoms with van der Waals surface area (Å²) in [4.78, 5) is 22.3. The molecule has 3 aromatic rings. The maximum Gasteiger partial charge on any atom is 0.266 e. The molecule has 0 radical (unpaired) electrons. The number of pyridine rings is 1. The number of alkyl halides is 2. The second kappa shape index (κ2) is 11.3. The summed E-state index contributed by atoms with van der Waals surface area (Å²) in [7, 11) is 0. The Bertz CT molecular complexity index is 1280. The zero-order valence-corrected chi connectivity index (χ0v) is 21.4. The lowest BCUT2D eigenvalue weighted by molar-refractivity contribution is 0.0938. The number of likely N-dealkylation sites (tertiary alicyclic amines) is 1. The van der Waals surface area contributed by atoms with Crippen LogP contribution in [0.3, 0.4) is 0 Å². The highest BCUT2D eigenvalue weighted by Gasteiger charge is 2.28. The molecule has 38 heavy (non-hydrogen) atoms. The fraction of sp³-hybridized carbons (Fsp3) is 0.519. The first-order valence-electron chi connectivity index (χ1n) is 13.2. The largest absolute Gasteiger partial charge is 0.393 e. The maximum absolute atomic E-state index is 14.6. The Morgan fingerprint density at radius 3 is 2.63 bits per heavy atom. The number of aromatic nitrogens is 3. The third-order valence-electron chi connectivity index (χ3n) is 7.78. The van der Waals surface area contributed by atoms with Crippen molar-refractivity contribution in [1.29, 1.82) is 0 Å². The highest BCUT2D eigenvalue weighted by atomic mass is 19.3. The fourth-order valence-electron chi connectivity index (χ4n) is 5.63. The minimum Gasteiger partial charge on any atom is -0.393 e. The van der Waals surface area contributed by atoms with E-state index >= 15 is 0 Å². The summed E-state index contributed by atoms with van der Waals surface area (Å²) in [6.07, 6.45) is 4.46. The molecular weight excluding hydrogens is 497 g/mol. The van der Waals surface area contributed by atoms with E-state index in [1.54, 1.807) is 23.7 Å². The van der Waals surface area contributed by atoms with E-state index < -0.39 is 29.8 Å². The monoisotopic (exact) mass is 530 g/mol. The molecule has 2 atom stereocenters. The molecule has 2 aliphatic heterocycles. The van der Waals surface area contributed by atoms with Gasteiger partial charge in [0.15, 0.2) is 5.65 Å². The number of benzene rings is 1. The summed E-state index contributed by atoms with van der Waals surface area (Å²) in [5.74, 6) is -1.47. The third kappa shape index (κ3) is 5.49. The average Bonchev–Trinajstić information content (AvgIpc) is 3.28. The van der Waals surface area contributed by atoms with Gasteiger partial charge in [0.1, 0.15) is 12.1 Å². The summed E-state index contributed by atoms with van der Waals surface area (Å²) in [6, 6.07) is 5.20. The van der Waals surface area contributed by atoms with Gasteiger partial charge < -0.3 is 20.2 Å². The highest BCUT2D eigenvalue weighted by Crippen LogP contribution is 2.30. The van der Waals surface area contributed by atoms with Crippen LogP contribution >= 0.6 is 0 Å². The normalized spacial score (nSPS) is 20.6. The molecule has 0 aliphatic carbocycles. The van der Waals surface area contributed by atoms with Crippen molar-refractivity contribution < 1.29 is 23.1 Å². The van der Waals surface area contributed by atoms with Gasteiger partial charge in [-0.05, 0) is 51.6 Å². The molecule has 5 rings (SSSR count). The van der Waals surface area contributed by atoms with Gasteiger partial charge >= 0.3 is 0 Å². The Labute approximate surface area is 219 Å². The molecular formula is C27H33F3N6O2. The molecule has 0 bridgehead atoms. The van der Waals surface area contributed by atoms with Crippen LogP contribution in [0.4, 0.5) is 18.9 Å². The average molecular weight is 531 g/mol. The topological polar surface area (TPSA) is 86.0 Å². The Hall–Kier alpha value is -3.18. The molecule has 2 fully saturated rings. The molecule has 0 unspecified atom stereocenters. The minimum atomic E-state index is -2.94. The van der Waals surface area contributed by atoms with E-state index in [1.165, 1.54) is 18.5 Å². The second-order valence-corrected chi connectivity index (χ2v) is 10.2. The van der Waals surface area contributed by atoms with Crippen molar-refractivity contribution >= 4 is 17.2 Å². The van der Waals surface area contributed by atoms with Crippen LogP contribution in [-0.4, -0.2) is 68.8 Å². The number of fused-ring (bicyclic) bond motifs is 1. The lowest BCUT2D eigenvalue weighted by Gasteiger charge is -2.39. The van der Waals surface area contributed by atoms with Crippen molar-refractivity contribution in [3.8, 4) is 0 Å². The van der Waals surface area contributed by atoms with Crippen LogP contribution in [0.15, 0.2) is 36.8 Å². The number of piperidine rings is 1. The van der Waals surface area contributed by atoms with Crippen molar-refractivity contribution in [2.24, 2.45) is 0 Å². The Balaban J connectivity index is 1.31. The van der Waals surface area contributed by atoms with Gasteiger partial charge in [0, 0.05) is 37.4 Å². The van der Waals surface area contributed by atoms with Crippen molar-refractivity contribution in [3.05, 3.63) is 59.3 Å². The summed E-state index contributed by atoms with van der Waals surface area (Å²) in [6.45, 7) is 5.06. The van der Waals surface area contributed by atoms with Crippen molar-refractivity contribution in [2.75, 3.05) is 31.1 Å². The van der Waals surface area contributed by atoms with Gasteiger partial charge in [-0.2, -0.15) is 5.10 Å². The van der Waals surface area contributed by atoms with Crippen LogP contribution in [-0.2, 0) is 0 Å². The summed E-state index contributed by atoms with van der Waals surface area (Å²) < 4.78 is 42.5. The van der Waals surface area contributed by atoms with Crippen LogP contribution in [0.1, 0.15) is 73.0 Å². The Morgan fingerprint density at radius 1 is 1.11 bits per heavy atom. The number of nitrogens with one attached hydrogen (secondary N) is 1. The SMILES string of the molecule is C[C@@H](NC(=O)c1cc(N2CCC(N3CCC[C@@H](O)CC3)CC2)c2ncnn2c1)c1cccc(C(F)F)c1F. The number of rotatable bonds is 6. The van der Waals surface area contributed by atoms with Crippen molar-refractivity contribution in [2.45, 2.75) is 63.6 Å². The summed E-state index contributed by atoms with van der Waals surface area (Å²) in [5, 5.41) is 16.9. The molecule has 0 saturated carbocycles. The predicted molar refractivity (Wildman–Crippen MR) is 137 cm³/mol. The molecule has 11 heteroatoms. The fourth-order valence-corrected chi connectivity index (χ4v) is 5.63. The van der Waals surface area contributed by atoms with Crippen LogP contribution in [0.5, 0.6) is 0 Å². The lowest BCUT2D eigenvalue weighted by atomic mass is 10.0. The molecule has 2 N–H and O–H groups in total. The van der Waals surface area contributed by atoms with E-state index in [4.69, 9.17) is 0 Å². The number of halogens is 3. The number of nitrogens with zero attached hydrogens (tertiary/aromatic N) is 5. The third-order valence-corrected chi connectivity index (χ3v) is 7.78. The van der Waals surface area contributed by atoms with Gasteiger partial charge in [-0.3, -0.25) is 4.79 Å². The zero-order chi connectivity index (χ0) is 26.8. The van der Waals surface area contributed by atoms with E-state index in [0.717, 1.165) is 70.0 Å². The predicted octanol–water partition coefficient (Wildman–Crippen LogP) is 4.11. The van der Waals surface area contributed by atoms with Crippen molar-refractivity contribution in [3.63, 3.8) is 0 Å². The number of carbonyl (C=O) groups excluding carboxylic acids is 1. The highest BCUT2D eigenvalue weighted by molar-refractivity contribution is 5.96. The molecule has 204 valence electrons. The summed E-state index contributed by atoms with van der Waals surface area (Å²) >= 11 is 0. The number of anilines is 1. The van der Waals surface area contributed by atoms with Gasteiger partial charge in [0.25, 0.3) is 12.3 Å². The van der Waals surface area contributed by atoms with Crippen molar-refractivity contribution in [1.82, 2.24) is 24.8 Å². The molecule has 0 spiro atoms. The number of hydrogen-bond acceptors (Lipinski definition) is 6. The smallest absolute Gasteiger partial charge is 0.266 e. The van der Waals surface area contributed by atoms with E-state index in [1.807, 2.05) is 0 Å². The first-order chi connectivity index (χ1) is 18.3. The van der Waals surface area contributed by atoms with E-state index in [9.17, 15) is 23.1 Å². The molecule has 1 aromatic carbocycles. The molecule has 2 aromatic heterocycles. The molecule has 1 amide bonds. The first-order valence-corrected chi connectivity index (χ1v) is 13.2. The quantitative estimate of drug-likeness (QED) is 0.499. The zero-order valence-electron chi connectivity index (χ0n) is 21.4. The maximum atomic E-state index is 14.6. The van der Waals surface area contributed by atoms with Gasteiger partial charge in [0.05, 0.1) is 29.0 Å². The van der Waals surface area contributed by atoms with Crippen LogP contribution in [0, 0.1) is 5.82 Å². The molecule has 8 nitrogen and oxygen atoms in total. The second-order valence-electron chi connectivity index (χ2n) is 10.2. The number of carbonyl (C=O) groups is 1. The number of amides is 1. The minimum absolute atomic E-state index is 0.00121. The summed E-state index contributed by atoms with van der Waals surface area (Å²) in [5.41, 5.74) is 1.06. The van der Waals surface area contributed by atoms with Crippen LogP contribution in [0.2, 0.25) is 0 Å². The van der Waals surface area contributed by atoms with Gasteiger partial charge in [-0.15, -0.1) is 0 Å². The standard InChI is InChI=1S/C27H33F3N6O2/c1-17(21-5-2-6-22(24(21)28)25(29)30)33-27(38)18-14-23(26-31-16-32-36(26)15-18)35-11-7-19(8-12-35)34-10-3-4-20(37)9-13-34/h2,5-6,14-17,19-20,25,37H,3-4,7-13H2,1H3,(H,33,38)/t17-,20-/m1/s1. The lowest BCUT2D eigenvalue weighted by Crippen LogP contribution is -2.45. The number of aliphatic hydroxyl groups is 1.